The summed E-state index contributed by atoms with van der Waals surface area (Å²) < 4.78 is 0. The quantitative estimate of drug-likeness (QED) is 0.786. The molecule has 1 aromatic rings. The lowest BCUT2D eigenvalue weighted by molar-refractivity contribution is 0.0384. The summed E-state index contributed by atoms with van der Waals surface area (Å²) in [6.07, 6.45) is 0.0228. The average molecular weight is 231 g/mol. The van der Waals surface area contributed by atoms with Crippen molar-refractivity contribution in [2.75, 3.05) is 0 Å². The van der Waals surface area contributed by atoms with Crippen LogP contribution in [0, 0.1) is 0 Å². The van der Waals surface area contributed by atoms with Crippen LogP contribution in [0.15, 0.2) is 42.1 Å². The number of imide groups is 1. The molecule has 1 unspecified atom stereocenters. The molecule has 1 heterocycles. The van der Waals surface area contributed by atoms with Crippen molar-refractivity contribution in [3.05, 3.63) is 47.7 Å². The van der Waals surface area contributed by atoms with Crippen molar-refractivity contribution in [3.63, 3.8) is 0 Å². The number of urea groups is 1. The lowest BCUT2D eigenvalue weighted by Crippen LogP contribution is -2.50. The number of carbonyl (C=O) groups is 2. The minimum Gasteiger partial charge on any atom is -0.369 e. The molecule has 2 rings (SSSR count). The third-order valence-electron chi connectivity index (χ3n) is 2.48. The van der Waals surface area contributed by atoms with Crippen molar-refractivity contribution in [1.29, 1.82) is 0 Å². The number of amides is 3. The van der Waals surface area contributed by atoms with E-state index in [-0.39, 0.29) is 0 Å². The largest absolute Gasteiger partial charge is 0.369 e. The summed E-state index contributed by atoms with van der Waals surface area (Å²) in [4.78, 5) is 24.3. The predicted octanol–water partition coefficient (Wildman–Crippen LogP) is 1.09. The Bertz CT molecular complexity index is 482. The van der Waals surface area contributed by atoms with E-state index in [1.807, 2.05) is 0 Å². The zero-order valence-electron chi connectivity index (χ0n) is 9.20. The monoisotopic (exact) mass is 231 g/mol. The zero-order valence-corrected chi connectivity index (χ0v) is 9.20. The maximum absolute atomic E-state index is 12.0. The Hall–Kier alpha value is -2.14. The lowest BCUT2D eigenvalue weighted by atomic mass is 10.1. The molecule has 0 bridgehead atoms. The second kappa shape index (κ2) is 4.39. The van der Waals surface area contributed by atoms with Crippen LogP contribution in [0.5, 0.6) is 0 Å². The minimum atomic E-state index is -1.24. The Labute approximate surface area is 98.4 Å². The first kappa shape index (κ1) is 11.3. The molecule has 1 radical (unpaired) electrons. The summed E-state index contributed by atoms with van der Waals surface area (Å²) in [5, 5.41) is 13.3. The topological polar surface area (TPSA) is 71.7 Å². The highest BCUT2D eigenvalue weighted by molar-refractivity contribution is 6.05. The second-order valence-electron chi connectivity index (χ2n) is 3.70. The Morgan fingerprint density at radius 2 is 2.00 bits per heavy atom. The molecule has 0 aliphatic carbocycles. The van der Waals surface area contributed by atoms with Crippen LogP contribution in [0.2, 0.25) is 0 Å². The predicted molar refractivity (Wildman–Crippen MR) is 59.9 cm³/mol. The highest BCUT2D eigenvalue weighted by atomic mass is 16.3. The first-order chi connectivity index (χ1) is 8.11. The Balaban J connectivity index is 2.31. The number of carbonyl (C=O) groups excluding carboxylic acids is 2. The van der Waals surface area contributed by atoms with Gasteiger partial charge in [0.15, 0.2) is 6.23 Å². The number of aliphatic hydroxyl groups excluding tert-OH is 1. The Morgan fingerprint density at radius 3 is 2.65 bits per heavy atom. The van der Waals surface area contributed by atoms with Crippen LogP contribution in [0.25, 0.3) is 0 Å². The number of hydrogen-bond acceptors (Lipinski definition) is 3. The first-order valence-electron chi connectivity index (χ1n) is 5.09. The van der Waals surface area contributed by atoms with Crippen LogP contribution in [0.3, 0.4) is 0 Å². The van der Waals surface area contributed by atoms with Gasteiger partial charge >= 0.3 is 6.03 Å². The molecule has 1 aliphatic rings. The third kappa shape index (κ3) is 2.05. The second-order valence-corrected chi connectivity index (χ2v) is 3.70. The molecule has 87 valence electrons. The Morgan fingerprint density at radius 1 is 1.35 bits per heavy atom. The van der Waals surface area contributed by atoms with E-state index in [1.165, 1.54) is 6.20 Å². The molecule has 0 aromatic heterocycles. The van der Waals surface area contributed by atoms with Gasteiger partial charge in [0.25, 0.3) is 5.91 Å². The van der Waals surface area contributed by atoms with E-state index in [0.29, 0.717) is 11.1 Å². The molecule has 1 aromatic carbocycles. The third-order valence-corrected chi connectivity index (χ3v) is 2.48. The maximum atomic E-state index is 12.0. The fourth-order valence-electron chi connectivity index (χ4n) is 1.51. The smallest absolute Gasteiger partial charge is 0.352 e. The summed E-state index contributed by atoms with van der Waals surface area (Å²) >= 11 is 0. The first-order valence-corrected chi connectivity index (χ1v) is 5.09. The van der Waals surface area contributed by atoms with Gasteiger partial charge in [0.05, 0.1) is 0 Å². The number of nitrogens with zero attached hydrogens (tertiary/aromatic N) is 2. The van der Waals surface area contributed by atoms with E-state index in [4.69, 9.17) is 0 Å². The molecule has 0 spiro atoms. The summed E-state index contributed by atoms with van der Waals surface area (Å²) in [5.74, 6) is -0.556. The van der Waals surface area contributed by atoms with Crippen molar-refractivity contribution in [2.45, 2.75) is 13.2 Å². The van der Waals surface area contributed by atoms with Gasteiger partial charge in [0, 0.05) is 11.8 Å². The normalized spacial score (nSPS) is 19.6. The van der Waals surface area contributed by atoms with Crippen LogP contribution < -0.4 is 5.32 Å². The zero-order chi connectivity index (χ0) is 12.4. The van der Waals surface area contributed by atoms with E-state index in [1.54, 1.807) is 37.3 Å². The highest BCUT2D eigenvalue weighted by Gasteiger charge is 2.33. The summed E-state index contributed by atoms with van der Waals surface area (Å²) in [7, 11) is 0. The van der Waals surface area contributed by atoms with Gasteiger partial charge in [-0.2, -0.15) is 0 Å². The van der Waals surface area contributed by atoms with E-state index in [9.17, 15) is 14.7 Å². The summed E-state index contributed by atoms with van der Waals surface area (Å²) in [6.45, 7) is 1.60. The number of rotatable bonds is 1. The molecule has 5 heteroatoms. The number of benzene rings is 1. The van der Waals surface area contributed by atoms with E-state index >= 15 is 0 Å². The standard InChI is InChI=1S/C12H11N2O3/c1-8-7-13-12(17)14(10(8)15)11(16)9-5-3-2-4-6-9/h2-7,10,15H,1H3. The summed E-state index contributed by atoms with van der Waals surface area (Å²) in [6, 6.07) is 7.55. The highest BCUT2D eigenvalue weighted by Crippen LogP contribution is 2.16. The van der Waals surface area contributed by atoms with Gasteiger partial charge in [-0.1, -0.05) is 18.2 Å². The fraction of sp³-hybridized carbons (Fsp3) is 0.167. The molecule has 1 atom stereocenters. The number of hydrogen-bond donors (Lipinski definition) is 1. The lowest BCUT2D eigenvalue weighted by Gasteiger charge is -2.28. The molecule has 0 fully saturated rings. The minimum absolute atomic E-state index is 0.338. The van der Waals surface area contributed by atoms with Gasteiger partial charge in [0.2, 0.25) is 0 Å². The molecular weight excluding hydrogens is 220 g/mol. The van der Waals surface area contributed by atoms with Gasteiger partial charge in [0.1, 0.15) is 0 Å². The van der Waals surface area contributed by atoms with Gasteiger partial charge < -0.3 is 5.11 Å². The molecule has 17 heavy (non-hydrogen) atoms. The molecular formula is C12H11N2O3. The molecule has 0 saturated heterocycles. The van der Waals surface area contributed by atoms with Crippen molar-refractivity contribution in [2.24, 2.45) is 0 Å². The van der Waals surface area contributed by atoms with E-state index in [2.05, 4.69) is 5.32 Å². The van der Waals surface area contributed by atoms with Crippen LogP contribution in [0.4, 0.5) is 4.79 Å². The van der Waals surface area contributed by atoms with Gasteiger partial charge in [-0.05, 0) is 24.6 Å². The maximum Gasteiger partial charge on any atom is 0.352 e. The SMILES string of the molecule is CC1=C[N]C(=O)N(C(=O)c2ccccc2)C1O. The molecule has 1 N–H and O–H groups in total. The van der Waals surface area contributed by atoms with Crippen LogP contribution in [-0.2, 0) is 0 Å². The van der Waals surface area contributed by atoms with Crippen LogP contribution in [0.1, 0.15) is 17.3 Å². The number of aliphatic hydroxyl groups is 1. The summed E-state index contributed by atoms with van der Waals surface area (Å²) in [5.41, 5.74) is 0.790. The molecule has 3 amide bonds. The van der Waals surface area contributed by atoms with Gasteiger partial charge in [-0.15, -0.1) is 0 Å². The van der Waals surface area contributed by atoms with Crippen molar-refractivity contribution in [1.82, 2.24) is 10.2 Å². The molecule has 5 nitrogen and oxygen atoms in total. The molecule has 0 saturated carbocycles. The van der Waals surface area contributed by atoms with E-state index < -0.39 is 18.2 Å². The van der Waals surface area contributed by atoms with Gasteiger partial charge in [-0.3, -0.25) is 4.79 Å². The Kier molecular flexibility index (Phi) is 2.93. The van der Waals surface area contributed by atoms with Crippen molar-refractivity contribution < 1.29 is 14.7 Å². The average Bonchev–Trinajstić information content (AvgIpc) is 2.35. The van der Waals surface area contributed by atoms with E-state index in [0.717, 1.165) is 4.90 Å². The van der Waals surface area contributed by atoms with Crippen LogP contribution in [-0.4, -0.2) is 28.2 Å². The van der Waals surface area contributed by atoms with Crippen molar-refractivity contribution in [3.8, 4) is 0 Å². The van der Waals surface area contributed by atoms with Gasteiger partial charge in [-0.25, -0.2) is 15.0 Å². The van der Waals surface area contributed by atoms with Crippen molar-refractivity contribution >= 4 is 11.9 Å². The van der Waals surface area contributed by atoms with Crippen LogP contribution >= 0.6 is 0 Å². The fourth-order valence-corrected chi connectivity index (χ4v) is 1.51. The molecule has 1 aliphatic heterocycles.